The summed E-state index contributed by atoms with van der Waals surface area (Å²) >= 11 is 0. The molecule has 1 aromatic rings. The van der Waals surface area contributed by atoms with Crippen molar-refractivity contribution in [3.05, 3.63) is 24.3 Å². The molecule has 3 N–H and O–H groups in total. The highest BCUT2D eigenvalue weighted by molar-refractivity contribution is 7.85. The number of nitrogens with zero attached hydrogens (tertiary/aromatic N) is 1. The van der Waals surface area contributed by atoms with E-state index in [2.05, 4.69) is 10.2 Å². The molecule has 1 heterocycles. The second kappa shape index (κ2) is 7.40. The largest absolute Gasteiger partial charge is 0.397 e. The van der Waals surface area contributed by atoms with Crippen molar-refractivity contribution >= 4 is 28.1 Å². The molecule has 1 saturated heterocycles. The predicted molar refractivity (Wildman–Crippen MR) is 83.0 cm³/mol. The van der Waals surface area contributed by atoms with Gasteiger partial charge in [-0.05, 0) is 25.1 Å². The summed E-state index contributed by atoms with van der Waals surface area (Å²) in [4.78, 5) is 14.1. The van der Waals surface area contributed by atoms with Crippen LogP contribution in [0.3, 0.4) is 0 Å². The number of rotatable bonds is 5. The molecule has 1 fully saturated rings. The van der Waals surface area contributed by atoms with Crippen LogP contribution >= 0.6 is 0 Å². The van der Waals surface area contributed by atoms with Gasteiger partial charge < -0.3 is 16.0 Å². The Hall–Kier alpha value is -1.40. The van der Waals surface area contributed by atoms with E-state index >= 15 is 0 Å². The van der Waals surface area contributed by atoms with Crippen molar-refractivity contribution in [3.63, 3.8) is 0 Å². The molecule has 1 aliphatic heterocycles. The molecule has 0 aromatic heterocycles. The summed E-state index contributed by atoms with van der Waals surface area (Å²) in [6.07, 6.45) is 1.29. The fourth-order valence-electron chi connectivity index (χ4n) is 2.19. The SMILES string of the molecule is Nc1ccccc1NC(=O)CCCN1CCS(=O)CC1. The van der Waals surface area contributed by atoms with Crippen molar-refractivity contribution in [1.82, 2.24) is 4.90 Å². The van der Waals surface area contributed by atoms with Crippen LogP contribution in [0.25, 0.3) is 0 Å². The first kappa shape index (κ1) is 15.0. The molecule has 0 atom stereocenters. The van der Waals surface area contributed by atoms with E-state index < -0.39 is 10.8 Å². The summed E-state index contributed by atoms with van der Waals surface area (Å²) in [5, 5.41) is 2.82. The first-order valence-corrected chi connectivity index (χ1v) is 8.35. The molecular formula is C14H21N3O2S. The maximum absolute atomic E-state index is 11.8. The normalized spacial score (nSPS) is 17.0. The van der Waals surface area contributed by atoms with Crippen LogP contribution in [-0.2, 0) is 15.6 Å². The maximum atomic E-state index is 11.8. The van der Waals surface area contributed by atoms with Gasteiger partial charge in [0.2, 0.25) is 5.91 Å². The zero-order valence-corrected chi connectivity index (χ0v) is 12.3. The predicted octanol–water partition coefficient (Wildman–Crippen LogP) is 1.05. The second-order valence-electron chi connectivity index (χ2n) is 4.93. The molecule has 6 heteroatoms. The molecule has 5 nitrogen and oxygen atoms in total. The first-order valence-electron chi connectivity index (χ1n) is 6.87. The van der Waals surface area contributed by atoms with Gasteiger partial charge in [-0.25, -0.2) is 0 Å². The van der Waals surface area contributed by atoms with E-state index in [4.69, 9.17) is 5.73 Å². The molecule has 0 spiro atoms. The molecular weight excluding hydrogens is 274 g/mol. The van der Waals surface area contributed by atoms with Gasteiger partial charge >= 0.3 is 0 Å². The Bertz CT molecular complexity index is 483. The van der Waals surface area contributed by atoms with Gasteiger partial charge in [-0.1, -0.05) is 12.1 Å². The molecule has 0 radical (unpaired) electrons. The number of benzene rings is 1. The molecule has 1 aliphatic rings. The zero-order chi connectivity index (χ0) is 14.4. The number of hydrogen-bond donors (Lipinski definition) is 2. The number of carbonyl (C=O) groups excluding carboxylic acids is 1. The maximum Gasteiger partial charge on any atom is 0.224 e. The van der Waals surface area contributed by atoms with Crippen LogP contribution < -0.4 is 11.1 Å². The van der Waals surface area contributed by atoms with Crippen molar-refractivity contribution in [2.24, 2.45) is 0 Å². The van der Waals surface area contributed by atoms with Crippen LogP contribution in [0.5, 0.6) is 0 Å². The second-order valence-corrected chi connectivity index (χ2v) is 6.62. The molecule has 0 aliphatic carbocycles. The van der Waals surface area contributed by atoms with Crippen molar-refractivity contribution in [1.29, 1.82) is 0 Å². The van der Waals surface area contributed by atoms with Crippen LogP contribution in [0.2, 0.25) is 0 Å². The highest BCUT2D eigenvalue weighted by Crippen LogP contribution is 2.17. The van der Waals surface area contributed by atoms with E-state index in [1.54, 1.807) is 12.1 Å². The van der Waals surface area contributed by atoms with Gasteiger partial charge in [0.05, 0.1) is 11.4 Å². The van der Waals surface area contributed by atoms with Gasteiger partial charge in [0.1, 0.15) is 0 Å². The van der Waals surface area contributed by atoms with Crippen molar-refractivity contribution < 1.29 is 9.00 Å². The van der Waals surface area contributed by atoms with E-state index in [1.807, 2.05) is 12.1 Å². The lowest BCUT2D eigenvalue weighted by atomic mass is 10.2. The fourth-order valence-corrected chi connectivity index (χ4v) is 3.31. The van der Waals surface area contributed by atoms with Crippen LogP contribution in [0.15, 0.2) is 24.3 Å². The minimum atomic E-state index is -0.639. The number of carbonyl (C=O) groups is 1. The number of anilines is 2. The minimum Gasteiger partial charge on any atom is -0.397 e. The Kier molecular flexibility index (Phi) is 5.55. The van der Waals surface area contributed by atoms with Crippen LogP contribution in [0.1, 0.15) is 12.8 Å². The third-order valence-electron chi connectivity index (χ3n) is 3.38. The van der Waals surface area contributed by atoms with Gasteiger partial charge in [-0.2, -0.15) is 0 Å². The number of hydrogen-bond acceptors (Lipinski definition) is 4. The standard InChI is InChI=1S/C14H21N3O2S/c15-12-4-1-2-5-13(12)16-14(18)6-3-7-17-8-10-20(19)11-9-17/h1-2,4-5H,3,6-11,15H2,(H,16,18). The lowest BCUT2D eigenvalue weighted by molar-refractivity contribution is -0.116. The van der Waals surface area contributed by atoms with Gasteiger partial charge in [-0.15, -0.1) is 0 Å². The highest BCUT2D eigenvalue weighted by atomic mass is 32.2. The number of para-hydroxylation sites is 2. The van der Waals surface area contributed by atoms with Crippen LogP contribution in [0.4, 0.5) is 11.4 Å². The monoisotopic (exact) mass is 295 g/mol. The number of nitrogens with one attached hydrogen (secondary N) is 1. The lowest BCUT2D eigenvalue weighted by Crippen LogP contribution is -2.38. The molecule has 1 amide bonds. The topological polar surface area (TPSA) is 75.4 Å². The van der Waals surface area contributed by atoms with E-state index in [9.17, 15) is 9.00 Å². The lowest BCUT2D eigenvalue weighted by Gasteiger charge is -2.25. The molecule has 0 saturated carbocycles. The van der Waals surface area contributed by atoms with Gasteiger partial charge in [-0.3, -0.25) is 9.00 Å². The third-order valence-corrected chi connectivity index (χ3v) is 4.66. The zero-order valence-electron chi connectivity index (χ0n) is 11.5. The van der Waals surface area contributed by atoms with Crippen LogP contribution in [-0.4, -0.2) is 46.2 Å². The highest BCUT2D eigenvalue weighted by Gasteiger charge is 2.14. The van der Waals surface area contributed by atoms with E-state index in [0.29, 0.717) is 17.8 Å². The van der Waals surface area contributed by atoms with Crippen molar-refractivity contribution in [2.45, 2.75) is 12.8 Å². The third kappa shape index (κ3) is 4.61. The summed E-state index contributed by atoms with van der Waals surface area (Å²) in [6.45, 7) is 2.63. The summed E-state index contributed by atoms with van der Waals surface area (Å²) in [6, 6.07) is 7.25. The van der Waals surface area contributed by atoms with Gasteiger partial charge in [0, 0.05) is 41.8 Å². The summed E-state index contributed by atoms with van der Waals surface area (Å²) < 4.78 is 11.2. The fraction of sp³-hybridized carbons (Fsp3) is 0.500. The minimum absolute atomic E-state index is 0.0107. The Labute approximate surface area is 122 Å². The number of amides is 1. The Morgan fingerprint density at radius 3 is 2.70 bits per heavy atom. The quantitative estimate of drug-likeness (QED) is 0.796. The van der Waals surface area contributed by atoms with E-state index in [1.165, 1.54) is 0 Å². The summed E-state index contributed by atoms with van der Waals surface area (Å²) in [5.74, 6) is 1.50. The number of nitrogens with two attached hydrogens (primary N) is 1. The molecule has 0 bridgehead atoms. The molecule has 110 valence electrons. The van der Waals surface area contributed by atoms with E-state index in [0.717, 1.165) is 37.6 Å². The molecule has 20 heavy (non-hydrogen) atoms. The molecule has 1 aromatic carbocycles. The Morgan fingerprint density at radius 2 is 2.00 bits per heavy atom. The summed E-state index contributed by atoms with van der Waals surface area (Å²) in [5.41, 5.74) is 7.03. The van der Waals surface area contributed by atoms with Crippen LogP contribution in [0, 0.1) is 0 Å². The summed E-state index contributed by atoms with van der Waals surface area (Å²) in [7, 11) is -0.639. The van der Waals surface area contributed by atoms with Crippen molar-refractivity contribution in [2.75, 3.05) is 42.2 Å². The average Bonchev–Trinajstić information content (AvgIpc) is 2.44. The first-order chi connectivity index (χ1) is 9.65. The van der Waals surface area contributed by atoms with Gasteiger partial charge in [0.25, 0.3) is 0 Å². The molecule has 0 unspecified atom stereocenters. The van der Waals surface area contributed by atoms with E-state index in [-0.39, 0.29) is 5.91 Å². The Balaban J connectivity index is 1.68. The van der Waals surface area contributed by atoms with Gasteiger partial charge in [0.15, 0.2) is 0 Å². The van der Waals surface area contributed by atoms with Crippen molar-refractivity contribution in [3.8, 4) is 0 Å². The number of nitrogen functional groups attached to an aromatic ring is 1. The molecule has 2 rings (SSSR count). The Morgan fingerprint density at radius 1 is 1.30 bits per heavy atom. The smallest absolute Gasteiger partial charge is 0.224 e. The average molecular weight is 295 g/mol.